The van der Waals surface area contributed by atoms with Crippen molar-refractivity contribution >= 4 is 5.91 Å². The van der Waals surface area contributed by atoms with E-state index in [1.165, 1.54) is 12.8 Å². The van der Waals surface area contributed by atoms with Gasteiger partial charge in [-0.3, -0.25) is 4.79 Å². The molecule has 2 fully saturated rings. The van der Waals surface area contributed by atoms with Crippen LogP contribution in [-0.2, 0) is 16.0 Å². The second-order valence-corrected chi connectivity index (χ2v) is 6.12. The molecule has 1 aliphatic carbocycles. The number of likely N-dealkylation sites (tertiary alicyclic amines) is 1. The lowest BCUT2D eigenvalue weighted by atomic mass is 10.1. The zero-order valence-electron chi connectivity index (χ0n) is 12.8. The number of rotatable bonds is 5. The van der Waals surface area contributed by atoms with E-state index in [9.17, 15) is 4.79 Å². The number of carbonyl (C=O) groups is 1. The summed E-state index contributed by atoms with van der Waals surface area (Å²) >= 11 is 0. The summed E-state index contributed by atoms with van der Waals surface area (Å²) in [5.74, 6) is 2.03. The first-order chi connectivity index (χ1) is 10.3. The molecular formula is C17H25NO3. The standard InChI is InChI=1S/C17H25NO3/c1-2-13-9-10-16(21-13)15-8-5-11-18(15)17(19)12-20-14-6-3-4-7-14/h9-10,14-15H,2-8,11-12H2,1H3/t15-/m1/s1. The molecule has 0 unspecified atom stereocenters. The van der Waals surface area contributed by atoms with Crippen LogP contribution < -0.4 is 0 Å². The molecule has 1 aliphatic heterocycles. The minimum Gasteiger partial charge on any atom is -0.464 e. The Morgan fingerprint density at radius 2 is 2.10 bits per heavy atom. The number of ether oxygens (including phenoxy) is 1. The van der Waals surface area contributed by atoms with E-state index >= 15 is 0 Å². The highest BCUT2D eigenvalue weighted by atomic mass is 16.5. The van der Waals surface area contributed by atoms with E-state index in [1.807, 2.05) is 17.0 Å². The second-order valence-electron chi connectivity index (χ2n) is 6.12. The molecule has 1 aromatic rings. The van der Waals surface area contributed by atoms with Crippen molar-refractivity contribution in [2.45, 2.75) is 64.0 Å². The Hall–Kier alpha value is -1.29. The van der Waals surface area contributed by atoms with Crippen LogP contribution in [0.15, 0.2) is 16.5 Å². The first-order valence-corrected chi connectivity index (χ1v) is 8.27. The quantitative estimate of drug-likeness (QED) is 0.834. The Balaban J connectivity index is 1.58. The highest BCUT2D eigenvalue weighted by Crippen LogP contribution is 2.33. The zero-order chi connectivity index (χ0) is 14.7. The van der Waals surface area contributed by atoms with Crippen LogP contribution in [0.3, 0.4) is 0 Å². The van der Waals surface area contributed by atoms with Crippen molar-refractivity contribution in [1.82, 2.24) is 4.90 Å². The first-order valence-electron chi connectivity index (χ1n) is 8.27. The van der Waals surface area contributed by atoms with Gasteiger partial charge in [0.1, 0.15) is 18.1 Å². The predicted octanol–water partition coefficient (Wildman–Crippen LogP) is 3.46. The molecule has 1 aromatic heterocycles. The Kier molecular flexibility index (Phi) is 4.63. The number of aryl methyl sites for hydroxylation is 1. The predicted molar refractivity (Wildman–Crippen MR) is 80.0 cm³/mol. The highest BCUT2D eigenvalue weighted by molar-refractivity contribution is 5.78. The van der Waals surface area contributed by atoms with Crippen LogP contribution in [0.4, 0.5) is 0 Å². The summed E-state index contributed by atoms with van der Waals surface area (Å²) in [7, 11) is 0. The summed E-state index contributed by atoms with van der Waals surface area (Å²) in [4.78, 5) is 14.4. The van der Waals surface area contributed by atoms with Gasteiger partial charge in [-0.05, 0) is 37.8 Å². The van der Waals surface area contributed by atoms with E-state index < -0.39 is 0 Å². The molecule has 0 spiro atoms. The molecule has 2 heterocycles. The van der Waals surface area contributed by atoms with Crippen molar-refractivity contribution in [2.24, 2.45) is 0 Å². The zero-order valence-corrected chi connectivity index (χ0v) is 12.8. The Morgan fingerprint density at radius 3 is 2.81 bits per heavy atom. The van der Waals surface area contributed by atoms with Gasteiger partial charge in [-0.1, -0.05) is 19.8 Å². The number of furan rings is 1. The van der Waals surface area contributed by atoms with Crippen LogP contribution in [0, 0.1) is 0 Å². The molecule has 3 rings (SSSR count). The number of hydrogen-bond acceptors (Lipinski definition) is 3. The molecule has 0 N–H and O–H groups in total. The molecule has 116 valence electrons. The average Bonchev–Trinajstić information content (AvgIpc) is 3.23. The summed E-state index contributed by atoms with van der Waals surface area (Å²) in [5.41, 5.74) is 0. The van der Waals surface area contributed by atoms with Gasteiger partial charge in [-0.25, -0.2) is 0 Å². The maximum Gasteiger partial charge on any atom is 0.249 e. The first kappa shape index (κ1) is 14.6. The van der Waals surface area contributed by atoms with E-state index in [2.05, 4.69) is 6.92 Å². The van der Waals surface area contributed by atoms with Gasteiger partial charge in [0.2, 0.25) is 5.91 Å². The third kappa shape index (κ3) is 3.31. The smallest absolute Gasteiger partial charge is 0.249 e. The van der Waals surface area contributed by atoms with Crippen LogP contribution in [-0.4, -0.2) is 30.1 Å². The minimum absolute atomic E-state index is 0.102. The normalized spacial score (nSPS) is 23.1. The van der Waals surface area contributed by atoms with E-state index in [1.54, 1.807) is 0 Å². The monoisotopic (exact) mass is 291 g/mol. The third-order valence-corrected chi connectivity index (χ3v) is 4.68. The molecule has 1 saturated carbocycles. The molecule has 4 heteroatoms. The Labute approximate surface area is 126 Å². The largest absolute Gasteiger partial charge is 0.464 e. The minimum atomic E-state index is 0.102. The molecule has 0 bridgehead atoms. The van der Waals surface area contributed by atoms with Gasteiger partial charge in [0.05, 0.1) is 12.1 Å². The molecular weight excluding hydrogens is 266 g/mol. The topological polar surface area (TPSA) is 42.7 Å². The Morgan fingerprint density at radius 1 is 1.29 bits per heavy atom. The van der Waals surface area contributed by atoms with Crippen LogP contribution >= 0.6 is 0 Å². The van der Waals surface area contributed by atoms with Gasteiger partial charge in [-0.15, -0.1) is 0 Å². The van der Waals surface area contributed by atoms with Crippen molar-refractivity contribution in [3.05, 3.63) is 23.7 Å². The van der Waals surface area contributed by atoms with Gasteiger partial charge in [0.15, 0.2) is 0 Å². The van der Waals surface area contributed by atoms with Crippen LogP contribution in [0.1, 0.15) is 63.0 Å². The van der Waals surface area contributed by atoms with Crippen molar-refractivity contribution in [1.29, 1.82) is 0 Å². The fourth-order valence-corrected chi connectivity index (χ4v) is 3.45. The fourth-order valence-electron chi connectivity index (χ4n) is 3.45. The van der Waals surface area contributed by atoms with E-state index in [4.69, 9.17) is 9.15 Å². The number of amides is 1. The van der Waals surface area contributed by atoms with E-state index in [0.29, 0.717) is 6.10 Å². The highest BCUT2D eigenvalue weighted by Gasteiger charge is 2.32. The van der Waals surface area contributed by atoms with Crippen molar-refractivity contribution in [2.75, 3.05) is 13.2 Å². The third-order valence-electron chi connectivity index (χ3n) is 4.68. The Bertz CT molecular complexity index is 476. The number of hydrogen-bond donors (Lipinski definition) is 0. The summed E-state index contributed by atoms with van der Waals surface area (Å²) in [5, 5.41) is 0. The maximum atomic E-state index is 12.4. The van der Waals surface area contributed by atoms with Gasteiger partial charge in [0, 0.05) is 13.0 Å². The van der Waals surface area contributed by atoms with Crippen LogP contribution in [0.25, 0.3) is 0 Å². The maximum absolute atomic E-state index is 12.4. The summed E-state index contributed by atoms with van der Waals surface area (Å²) in [6.45, 7) is 3.12. The average molecular weight is 291 g/mol. The van der Waals surface area contributed by atoms with Crippen LogP contribution in [0.5, 0.6) is 0 Å². The van der Waals surface area contributed by atoms with Crippen molar-refractivity contribution in [3.8, 4) is 0 Å². The van der Waals surface area contributed by atoms with E-state index in [-0.39, 0.29) is 18.6 Å². The molecule has 1 amide bonds. The molecule has 0 radical (unpaired) electrons. The van der Waals surface area contributed by atoms with Gasteiger partial charge < -0.3 is 14.1 Å². The molecule has 21 heavy (non-hydrogen) atoms. The fraction of sp³-hybridized carbons (Fsp3) is 0.706. The molecule has 2 aliphatic rings. The summed E-state index contributed by atoms with van der Waals surface area (Å²) in [6, 6.07) is 4.14. The number of nitrogens with zero attached hydrogens (tertiary/aromatic N) is 1. The SMILES string of the molecule is CCc1ccc([C@H]2CCCN2C(=O)COC2CCCC2)o1. The summed E-state index contributed by atoms with van der Waals surface area (Å²) < 4.78 is 11.6. The lowest BCUT2D eigenvalue weighted by Gasteiger charge is -2.24. The lowest BCUT2D eigenvalue weighted by Crippen LogP contribution is -2.34. The molecule has 0 aromatic carbocycles. The molecule has 1 saturated heterocycles. The van der Waals surface area contributed by atoms with Crippen LogP contribution in [0.2, 0.25) is 0 Å². The summed E-state index contributed by atoms with van der Waals surface area (Å²) in [6.07, 6.45) is 7.91. The molecule has 4 nitrogen and oxygen atoms in total. The van der Waals surface area contributed by atoms with Gasteiger partial charge >= 0.3 is 0 Å². The van der Waals surface area contributed by atoms with Gasteiger partial charge in [-0.2, -0.15) is 0 Å². The lowest BCUT2D eigenvalue weighted by molar-refractivity contribution is -0.139. The molecule has 1 atom stereocenters. The second kappa shape index (κ2) is 6.65. The van der Waals surface area contributed by atoms with Crippen molar-refractivity contribution < 1.29 is 13.9 Å². The number of carbonyl (C=O) groups excluding carboxylic acids is 1. The van der Waals surface area contributed by atoms with E-state index in [0.717, 1.165) is 50.2 Å². The van der Waals surface area contributed by atoms with Crippen molar-refractivity contribution in [3.63, 3.8) is 0 Å². The van der Waals surface area contributed by atoms with Gasteiger partial charge in [0.25, 0.3) is 0 Å².